The van der Waals surface area contributed by atoms with Crippen LogP contribution in [0.25, 0.3) is 0 Å². The van der Waals surface area contributed by atoms with Gasteiger partial charge in [0, 0.05) is 11.8 Å². The number of ether oxygens (including phenoxy) is 1. The molecule has 5 heteroatoms. The first-order valence-electron chi connectivity index (χ1n) is 5.16. The van der Waals surface area contributed by atoms with Gasteiger partial charge >= 0.3 is 5.97 Å². The van der Waals surface area contributed by atoms with Crippen LogP contribution >= 0.6 is 0 Å². The van der Waals surface area contributed by atoms with Crippen molar-refractivity contribution in [3.05, 3.63) is 48.0 Å². The number of carboxylic acids is 1. The second-order valence-corrected chi connectivity index (χ2v) is 3.66. The SMILES string of the molecule is Nc1ccc(Oc2ccc(C(=O)O)c(O)c2)cc1. The Morgan fingerprint density at radius 2 is 1.67 bits per heavy atom. The number of carbonyl (C=O) groups is 1. The molecule has 0 unspecified atom stereocenters. The smallest absolute Gasteiger partial charge is 0.339 e. The van der Waals surface area contributed by atoms with Crippen LogP contribution in [0.5, 0.6) is 17.2 Å². The summed E-state index contributed by atoms with van der Waals surface area (Å²) in [4.78, 5) is 10.7. The van der Waals surface area contributed by atoms with Crippen LogP contribution in [0, 0.1) is 0 Å². The standard InChI is InChI=1S/C13H11NO4/c14-8-1-3-9(4-2-8)18-10-5-6-11(13(16)17)12(15)7-10/h1-7,15H,14H2,(H,16,17). The first-order chi connectivity index (χ1) is 8.56. The van der Waals surface area contributed by atoms with E-state index >= 15 is 0 Å². The molecule has 0 aliphatic heterocycles. The van der Waals surface area contributed by atoms with Gasteiger partial charge in [0.1, 0.15) is 22.8 Å². The third-order valence-electron chi connectivity index (χ3n) is 2.32. The van der Waals surface area contributed by atoms with Crippen LogP contribution < -0.4 is 10.5 Å². The summed E-state index contributed by atoms with van der Waals surface area (Å²) in [7, 11) is 0. The third kappa shape index (κ3) is 2.52. The summed E-state index contributed by atoms with van der Waals surface area (Å²) in [6, 6.07) is 10.7. The fraction of sp³-hybridized carbons (Fsp3) is 0. The molecule has 0 fully saturated rings. The normalized spacial score (nSPS) is 10.0. The molecule has 0 saturated heterocycles. The minimum atomic E-state index is -1.19. The summed E-state index contributed by atoms with van der Waals surface area (Å²) in [5, 5.41) is 18.3. The Kier molecular flexibility index (Phi) is 3.05. The second-order valence-electron chi connectivity index (χ2n) is 3.66. The zero-order chi connectivity index (χ0) is 13.1. The molecular weight excluding hydrogens is 234 g/mol. The monoisotopic (exact) mass is 245 g/mol. The molecule has 2 aromatic carbocycles. The quantitative estimate of drug-likeness (QED) is 0.722. The van der Waals surface area contributed by atoms with Gasteiger partial charge in [-0.2, -0.15) is 0 Å². The van der Waals surface area contributed by atoms with Gasteiger partial charge < -0.3 is 20.7 Å². The maximum absolute atomic E-state index is 10.7. The van der Waals surface area contributed by atoms with Crippen molar-refractivity contribution >= 4 is 11.7 Å². The Morgan fingerprint density at radius 1 is 1.06 bits per heavy atom. The lowest BCUT2D eigenvalue weighted by Crippen LogP contribution is -1.96. The Bertz CT molecular complexity index is 578. The van der Waals surface area contributed by atoms with Crippen molar-refractivity contribution < 1.29 is 19.7 Å². The molecule has 18 heavy (non-hydrogen) atoms. The highest BCUT2D eigenvalue weighted by molar-refractivity contribution is 5.90. The number of carboxylic acid groups (broad SMARTS) is 1. The molecule has 5 nitrogen and oxygen atoms in total. The van der Waals surface area contributed by atoms with Crippen LogP contribution in [0.15, 0.2) is 42.5 Å². The molecule has 0 bridgehead atoms. The lowest BCUT2D eigenvalue weighted by Gasteiger charge is -2.07. The Balaban J connectivity index is 2.22. The molecule has 0 aliphatic carbocycles. The average molecular weight is 245 g/mol. The van der Waals surface area contributed by atoms with Crippen molar-refractivity contribution in [2.24, 2.45) is 0 Å². The van der Waals surface area contributed by atoms with Crippen LogP contribution in [0.1, 0.15) is 10.4 Å². The minimum absolute atomic E-state index is 0.167. The van der Waals surface area contributed by atoms with E-state index in [1.165, 1.54) is 18.2 Å². The van der Waals surface area contributed by atoms with Gasteiger partial charge in [-0.15, -0.1) is 0 Å². The molecular formula is C13H11NO4. The van der Waals surface area contributed by atoms with Gasteiger partial charge in [-0.1, -0.05) is 0 Å². The lowest BCUT2D eigenvalue weighted by atomic mass is 10.2. The van der Waals surface area contributed by atoms with Crippen molar-refractivity contribution in [2.75, 3.05) is 5.73 Å². The molecule has 0 atom stereocenters. The molecule has 0 amide bonds. The average Bonchev–Trinajstić information content (AvgIpc) is 2.32. The third-order valence-corrected chi connectivity index (χ3v) is 2.32. The zero-order valence-corrected chi connectivity index (χ0v) is 9.33. The van der Waals surface area contributed by atoms with E-state index in [0.717, 1.165) is 0 Å². The summed E-state index contributed by atoms with van der Waals surface area (Å²) in [5.74, 6) is -0.629. The van der Waals surface area contributed by atoms with Crippen molar-refractivity contribution in [3.63, 3.8) is 0 Å². The van der Waals surface area contributed by atoms with Gasteiger partial charge in [0.15, 0.2) is 0 Å². The molecule has 0 radical (unpaired) electrons. The zero-order valence-electron chi connectivity index (χ0n) is 9.33. The summed E-state index contributed by atoms with van der Waals surface area (Å²) < 4.78 is 5.44. The Hall–Kier alpha value is -2.69. The Morgan fingerprint density at radius 3 is 2.22 bits per heavy atom. The van der Waals surface area contributed by atoms with E-state index in [2.05, 4.69) is 0 Å². The predicted molar refractivity (Wildman–Crippen MR) is 66.0 cm³/mol. The van der Waals surface area contributed by atoms with E-state index in [1.54, 1.807) is 24.3 Å². The number of benzene rings is 2. The van der Waals surface area contributed by atoms with Crippen LogP contribution in [0.3, 0.4) is 0 Å². The van der Waals surface area contributed by atoms with Crippen molar-refractivity contribution in [1.29, 1.82) is 0 Å². The second kappa shape index (κ2) is 4.67. The van der Waals surface area contributed by atoms with Crippen LogP contribution in [-0.2, 0) is 0 Å². The summed E-state index contributed by atoms with van der Waals surface area (Å²) >= 11 is 0. The maximum Gasteiger partial charge on any atom is 0.339 e. The molecule has 0 heterocycles. The van der Waals surface area contributed by atoms with Gasteiger partial charge in [-0.25, -0.2) is 4.79 Å². The summed E-state index contributed by atoms with van der Waals surface area (Å²) in [5.41, 5.74) is 5.99. The molecule has 0 saturated carbocycles. The fourth-order valence-electron chi connectivity index (χ4n) is 1.43. The first-order valence-corrected chi connectivity index (χ1v) is 5.16. The van der Waals surface area contributed by atoms with Gasteiger partial charge in [0.25, 0.3) is 0 Å². The number of aromatic carboxylic acids is 1. The molecule has 0 aromatic heterocycles. The number of anilines is 1. The molecule has 4 N–H and O–H groups in total. The molecule has 0 spiro atoms. The topological polar surface area (TPSA) is 92.8 Å². The predicted octanol–water partition coefficient (Wildman–Crippen LogP) is 2.46. The van der Waals surface area contributed by atoms with E-state index in [4.69, 9.17) is 15.6 Å². The number of rotatable bonds is 3. The molecule has 0 aliphatic rings. The first kappa shape index (κ1) is 11.8. The number of nitrogens with two attached hydrogens (primary N) is 1. The highest BCUT2D eigenvalue weighted by Gasteiger charge is 2.10. The minimum Gasteiger partial charge on any atom is -0.507 e. The van der Waals surface area contributed by atoms with Crippen LogP contribution in [0.2, 0.25) is 0 Å². The largest absolute Gasteiger partial charge is 0.507 e. The Labute approximate surface area is 103 Å². The number of nitrogen functional groups attached to an aromatic ring is 1. The lowest BCUT2D eigenvalue weighted by molar-refractivity contribution is 0.0693. The van der Waals surface area contributed by atoms with E-state index < -0.39 is 5.97 Å². The van der Waals surface area contributed by atoms with Gasteiger partial charge in [-0.3, -0.25) is 0 Å². The fourth-order valence-corrected chi connectivity index (χ4v) is 1.43. The van der Waals surface area contributed by atoms with Gasteiger partial charge in [0.2, 0.25) is 0 Å². The van der Waals surface area contributed by atoms with Crippen molar-refractivity contribution in [1.82, 2.24) is 0 Å². The van der Waals surface area contributed by atoms with Gasteiger partial charge in [-0.05, 0) is 36.4 Å². The van der Waals surface area contributed by atoms with Crippen molar-refractivity contribution in [2.45, 2.75) is 0 Å². The van der Waals surface area contributed by atoms with Crippen LogP contribution in [0.4, 0.5) is 5.69 Å². The molecule has 2 aromatic rings. The van der Waals surface area contributed by atoms with E-state index in [0.29, 0.717) is 17.2 Å². The van der Waals surface area contributed by atoms with Crippen molar-refractivity contribution in [3.8, 4) is 17.2 Å². The number of hydrogen-bond acceptors (Lipinski definition) is 4. The number of phenols is 1. The maximum atomic E-state index is 10.7. The van der Waals surface area contributed by atoms with E-state index in [-0.39, 0.29) is 11.3 Å². The number of aromatic hydroxyl groups is 1. The van der Waals surface area contributed by atoms with E-state index in [1.807, 2.05) is 0 Å². The van der Waals surface area contributed by atoms with Gasteiger partial charge in [0.05, 0.1) is 0 Å². The summed E-state index contributed by atoms with van der Waals surface area (Å²) in [6.07, 6.45) is 0. The van der Waals surface area contributed by atoms with E-state index in [9.17, 15) is 9.90 Å². The highest BCUT2D eigenvalue weighted by atomic mass is 16.5. The summed E-state index contributed by atoms with van der Waals surface area (Å²) in [6.45, 7) is 0. The highest BCUT2D eigenvalue weighted by Crippen LogP contribution is 2.27. The molecule has 2 rings (SSSR count). The number of hydrogen-bond donors (Lipinski definition) is 3. The van der Waals surface area contributed by atoms with Crippen LogP contribution in [-0.4, -0.2) is 16.2 Å². The molecule has 92 valence electrons.